The zero-order valence-electron chi connectivity index (χ0n) is 15.9. The molecule has 1 N–H and O–H groups in total. The van der Waals surface area contributed by atoms with Crippen molar-refractivity contribution in [2.24, 2.45) is 0 Å². The van der Waals surface area contributed by atoms with Gasteiger partial charge in [0.15, 0.2) is 5.82 Å². The smallest absolute Gasteiger partial charge is 0.243 e. The highest BCUT2D eigenvalue weighted by atomic mass is 32.2. The molecule has 3 heterocycles. The Kier molecular flexibility index (Phi) is 5.54. The number of benzene rings is 1. The van der Waals surface area contributed by atoms with E-state index in [2.05, 4.69) is 28.4 Å². The molecule has 1 aromatic carbocycles. The molecule has 1 aliphatic rings. The van der Waals surface area contributed by atoms with Gasteiger partial charge >= 0.3 is 0 Å². The number of hydrogen-bond acceptors (Lipinski definition) is 11. The summed E-state index contributed by atoms with van der Waals surface area (Å²) in [6.45, 7) is 2.45. The van der Waals surface area contributed by atoms with Gasteiger partial charge < -0.3 is 14.5 Å². The van der Waals surface area contributed by atoms with Gasteiger partial charge in [0.25, 0.3) is 0 Å². The summed E-state index contributed by atoms with van der Waals surface area (Å²) in [5.41, 5.74) is 0.895. The summed E-state index contributed by atoms with van der Waals surface area (Å²) in [5, 5.41) is 0. The van der Waals surface area contributed by atoms with E-state index >= 15 is 0 Å². The Morgan fingerprint density at radius 2 is 1.97 bits per heavy atom. The fraction of sp³-hybridized carbons (Fsp3) is 0.438. The number of hydrogen-bond donors (Lipinski definition) is 1. The van der Waals surface area contributed by atoms with Crippen LogP contribution < -0.4 is 14.5 Å². The summed E-state index contributed by atoms with van der Waals surface area (Å²) < 4.78 is 41.8. The fourth-order valence-corrected chi connectivity index (χ4v) is 4.56. The van der Waals surface area contributed by atoms with Crippen molar-refractivity contribution in [3.63, 3.8) is 0 Å². The summed E-state index contributed by atoms with van der Waals surface area (Å²) in [6, 6.07) is 4.87. The highest BCUT2D eigenvalue weighted by molar-refractivity contribution is 7.89. The molecule has 0 aliphatic carbocycles. The van der Waals surface area contributed by atoms with Crippen LogP contribution in [0.1, 0.15) is 5.82 Å². The van der Waals surface area contributed by atoms with Gasteiger partial charge in [-0.05, 0) is 12.1 Å². The quantitative estimate of drug-likeness (QED) is 0.575. The maximum Gasteiger partial charge on any atom is 0.243 e. The largest absolute Gasteiger partial charge is 0.378 e. The number of rotatable bonds is 6. The van der Waals surface area contributed by atoms with Crippen LogP contribution in [0, 0.1) is 0 Å². The van der Waals surface area contributed by atoms with Crippen LogP contribution in [0.15, 0.2) is 23.1 Å². The lowest BCUT2D eigenvalue weighted by Gasteiger charge is -2.27. The minimum Gasteiger partial charge on any atom is -0.378 e. The highest BCUT2D eigenvalue weighted by Gasteiger charge is 2.21. The fourth-order valence-electron chi connectivity index (χ4n) is 2.81. The molecule has 0 saturated carbocycles. The van der Waals surface area contributed by atoms with Crippen LogP contribution in [0.2, 0.25) is 0 Å². The Morgan fingerprint density at radius 3 is 2.72 bits per heavy atom. The Balaban J connectivity index is 1.60. The van der Waals surface area contributed by atoms with Crippen LogP contribution in [-0.2, 0) is 21.3 Å². The topological polar surface area (TPSA) is 126 Å². The molecule has 11 nitrogen and oxygen atoms in total. The maximum absolute atomic E-state index is 12.8. The van der Waals surface area contributed by atoms with Gasteiger partial charge in [-0.25, -0.2) is 13.1 Å². The number of morpholine rings is 1. The van der Waals surface area contributed by atoms with Crippen molar-refractivity contribution in [3.8, 4) is 0 Å². The van der Waals surface area contributed by atoms with E-state index in [0.717, 1.165) is 11.7 Å². The second-order valence-corrected chi connectivity index (χ2v) is 8.82. The molecule has 0 unspecified atom stereocenters. The van der Waals surface area contributed by atoms with Crippen molar-refractivity contribution in [3.05, 3.63) is 24.0 Å². The van der Waals surface area contributed by atoms with E-state index in [4.69, 9.17) is 4.74 Å². The molecule has 0 radical (unpaired) electrons. The van der Waals surface area contributed by atoms with E-state index in [1.165, 1.54) is 6.07 Å². The van der Waals surface area contributed by atoms with E-state index in [1.54, 1.807) is 17.0 Å². The van der Waals surface area contributed by atoms with Crippen LogP contribution in [-0.4, -0.2) is 72.5 Å². The highest BCUT2D eigenvalue weighted by Crippen LogP contribution is 2.21. The molecule has 0 bridgehead atoms. The summed E-state index contributed by atoms with van der Waals surface area (Å²) in [6.07, 6.45) is 0. The van der Waals surface area contributed by atoms with Crippen LogP contribution >= 0.6 is 11.7 Å². The first-order valence-electron chi connectivity index (χ1n) is 8.90. The van der Waals surface area contributed by atoms with Crippen molar-refractivity contribution in [2.75, 3.05) is 50.2 Å². The molecule has 3 aromatic rings. The van der Waals surface area contributed by atoms with Crippen LogP contribution in [0.25, 0.3) is 11.0 Å². The van der Waals surface area contributed by atoms with Crippen molar-refractivity contribution in [2.45, 2.75) is 11.4 Å². The van der Waals surface area contributed by atoms with E-state index in [0.29, 0.717) is 55.1 Å². The molecule has 2 aromatic heterocycles. The zero-order chi connectivity index (χ0) is 20.4. The lowest BCUT2D eigenvalue weighted by Crippen LogP contribution is -2.38. The van der Waals surface area contributed by atoms with E-state index in [9.17, 15) is 8.42 Å². The zero-order valence-corrected chi connectivity index (χ0v) is 17.6. The lowest BCUT2D eigenvalue weighted by molar-refractivity contribution is 0.122. The minimum atomic E-state index is -3.82. The molecule has 4 rings (SSSR count). The number of sulfonamides is 1. The van der Waals surface area contributed by atoms with E-state index in [1.807, 2.05) is 19.0 Å². The Bertz CT molecular complexity index is 1110. The minimum absolute atomic E-state index is 0.0724. The number of fused-ring (bicyclic) bond motifs is 1. The second kappa shape index (κ2) is 8.10. The van der Waals surface area contributed by atoms with Gasteiger partial charge in [0.05, 0.1) is 31.5 Å². The third-order valence-corrected chi connectivity index (χ3v) is 6.29. The van der Waals surface area contributed by atoms with Crippen molar-refractivity contribution < 1.29 is 13.2 Å². The Morgan fingerprint density at radius 1 is 1.17 bits per heavy atom. The molecule has 0 spiro atoms. The first-order valence-corrected chi connectivity index (χ1v) is 11.1. The van der Waals surface area contributed by atoms with Gasteiger partial charge in [-0.1, -0.05) is 6.07 Å². The van der Waals surface area contributed by atoms with Crippen LogP contribution in [0.3, 0.4) is 0 Å². The molecule has 13 heteroatoms. The average Bonchev–Trinajstić information content (AvgIpc) is 3.21. The first-order chi connectivity index (χ1) is 13.9. The van der Waals surface area contributed by atoms with Crippen LogP contribution in [0.4, 0.5) is 11.9 Å². The lowest BCUT2D eigenvalue weighted by atomic mass is 10.3. The van der Waals surface area contributed by atoms with Gasteiger partial charge in [0.1, 0.15) is 15.9 Å². The second-order valence-electron chi connectivity index (χ2n) is 6.56. The summed E-state index contributed by atoms with van der Waals surface area (Å²) in [7, 11) is -0.176. The average molecular weight is 437 g/mol. The SMILES string of the molecule is CN(C)c1nc(CNS(=O)(=O)c2cccc3nsnc23)nc(N2CCOCC2)n1. The number of ether oxygens (including phenoxy) is 1. The normalized spacial score (nSPS) is 15.0. The number of nitrogens with one attached hydrogen (secondary N) is 1. The number of aromatic nitrogens is 5. The van der Waals surface area contributed by atoms with Crippen molar-refractivity contribution >= 4 is 44.7 Å². The van der Waals surface area contributed by atoms with Crippen molar-refractivity contribution in [1.82, 2.24) is 28.4 Å². The molecule has 0 atom stereocenters. The molecule has 29 heavy (non-hydrogen) atoms. The van der Waals surface area contributed by atoms with Crippen LogP contribution in [0.5, 0.6) is 0 Å². The van der Waals surface area contributed by atoms with Gasteiger partial charge in [-0.2, -0.15) is 23.7 Å². The summed E-state index contributed by atoms with van der Waals surface area (Å²) in [4.78, 5) is 17.1. The van der Waals surface area contributed by atoms with Gasteiger partial charge in [0, 0.05) is 27.2 Å². The molecule has 1 aliphatic heterocycles. The molecule has 154 valence electrons. The molecule has 1 fully saturated rings. The number of anilines is 2. The maximum atomic E-state index is 12.8. The third-order valence-electron chi connectivity index (χ3n) is 4.31. The first kappa shape index (κ1) is 19.8. The Labute approximate surface area is 172 Å². The molecular formula is C16H20N8O3S2. The standard InChI is InChI=1S/C16H20N8O3S2/c1-23(2)15-18-13(19-16(20-15)24-6-8-27-9-7-24)10-17-29(25,26)12-5-3-4-11-14(12)22-28-21-11/h3-5,17H,6-10H2,1-2H3. The van der Waals surface area contributed by atoms with Gasteiger partial charge in [-0.3, -0.25) is 0 Å². The number of nitrogens with zero attached hydrogens (tertiary/aromatic N) is 7. The predicted molar refractivity (Wildman–Crippen MR) is 109 cm³/mol. The third kappa shape index (κ3) is 4.27. The van der Waals surface area contributed by atoms with Gasteiger partial charge in [0.2, 0.25) is 21.9 Å². The molecule has 0 amide bonds. The van der Waals surface area contributed by atoms with E-state index in [-0.39, 0.29) is 11.4 Å². The Hall–Kier alpha value is -2.48. The predicted octanol–water partition coefficient (Wildman–Crippen LogP) is 0.257. The summed E-state index contributed by atoms with van der Waals surface area (Å²) in [5.74, 6) is 1.30. The monoisotopic (exact) mass is 436 g/mol. The van der Waals surface area contributed by atoms with Crippen molar-refractivity contribution in [1.29, 1.82) is 0 Å². The summed E-state index contributed by atoms with van der Waals surface area (Å²) >= 11 is 0.974. The van der Waals surface area contributed by atoms with E-state index < -0.39 is 10.0 Å². The van der Waals surface area contributed by atoms with Gasteiger partial charge in [-0.15, -0.1) is 0 Å². The molecular weight excluding hydrogens is 416 g/mol. The molecule has 1 saturated heterocycles.